The van der Waals surface area contributed by atoms with Crippen molar-refractivity contribution in [3.8, 4) is 0 Å². The summed E-state index contributed by atoms with van der Waals surface area (Å²) in [6, 6.07) is 3.33. The molecule has 0 aromatic carbocycles. The topological polar surface area (TPSA) is 89.1 Å². The van der Waals surface area contributed by atoms with E-state index >= 15 is 0 Å². The van der Waals surface area contributed by atoms with E-state index in [1.54, 1.807) is 30.3 Å². The van der Waals surface area contributed by atoms with Gasteiger partial charge in [0.25, 0.3) is 5.91 Å². The first kappa shape index (κ1) is 13.0. The fraction of sp³-hybridized carbons (Fsp3) is 0.250. The molecule has 2 aromatic rings. The number of nitrogen functional groups attached to an aromatic ring is 1. The average Bonchev–Trinajstić information content (AvgIpc) is 2.83. The van der Waals surface area contributed by atoms with Crippen LogP contribution in [0.4, 0.5) is 5.69 Å². The molecule has 0 fully saturated rings. The summed E-state index contributed by atoms with van der Waals surface area (Å²) in [5.74, 6) is 5.90. The molecule has 7 heteroatoms. The van der Waals surface area contributed by atoms with Crippen LogP contribution in [0.5, 0.6) is 0 Å². The number of carbonyl (C=O) groups is 1. The van der Waals surface area contributed by atoms with Crippen molar-refractivity contribution in [1.29, 1.82) is 0 Å². The zero-order chi connectivity index (χ0) is 13.8. The number of aromatic nitrogens is 3. The number of imidazole rings is 1. The molecule has 100 valence electrons. The lowest BCUT2D eigenvalue weighted by Gasteiger charge is -2.16. The van der Waals surface area contributed by atoms with Gasteiger partial charge in [0.15, 0.2) is 0 Å². The maximum Gasteiger partial charge on any atom is 0.272 e. The van der Waals surface area contributed by atoms with Gasteiger partial charge in [-0.3, -0.25) is 10.6 Å². The van der Waals surface area contributed by atoms with E-state index in [1.165, 1.54) is 6.20 Å². The highest BCUT2D eigenvalue weighted by Crippen LogP contribution is 2.08. The van der Waals surface area contributed by atoms with Gasteiger partial charge in [0.1, 0.15) is 11.5 Å². The first-order valence-corrected chi connectivity index (χ1v) is 5.76. The van der Waals surface area contributed by atoms with E-state index in [0.29, 0.717) is 17.9 Å². The summed E-state index contributed by atoms with van der Waals surface area (Å²) >= 11 is 0. The zero-order valence-electron chi connectivity index (χ0n) is 10.9. The zero-order valence-corrected chi connectivity index (χ0v) is 10.9. The quantitative estimate of drug-likeness (QED) is 0.612. The van der Waals surface area contributed by atoms with Crippen LogP contribution >= 0.6 is 0 Å². The first-order valence-electron chi connectivity index (χ1n) is 5.76. The van der Waals surface area contributed by atoms with Crippen LogP contribution in [0.25, 0.3) is 0 Å². The van der Waals surface area contributed by atoms with Crippen molar-refractivity contribution in [2.75, 3.05) is 12.5 Å². The van der Waals surface area contributed by atoms with Crippen LogP contribution in [0, 0.1) is 0 Å². The van der Waals surface area contributed by atoms with Crippen LogP contribution in [-0.2, 0) is 13.6 Å². The standard InChI is InChI=1S/C12H16N6O/c1-17-6-5-14-11(17)8-18(2)12(19)10-4-3-9(16-13)7-15-10/h3-7,16H,8,13H2,1-2H3. The average molecular weight is 260 g/mol. The third-order valence-corrected chi connectivity index (χ3v) is 2.80. The Hall–Kier alpha value is -2.41. The normalized spacial score (nSPS) is 10.3. The van der Waals surface area contributed by atoms with Crippen molar-refractivity contribution in [2.45, 2.75) is 6.54 Å². The summed E-state index contributed by atoms with van der Waals surface area (Å²) in [6.07, 6.45) is 5.06. The predicted octanol–water partition coefficient (Wildman–Crippen LogP) is 0.373. The van der Waals surface area contributed by atoms with Crippen LogP contribution in [0.15, 0.2) is 30.7 Å². The largest absolute Gasteiger partial charge is 0.337 e. The number of nitrogens with zero attached hydrogens (tertiary/aromatic N) is 4. The highest BCUT2D eigenvalue weighted by atomic mass is 16.2. The van der Waals surface area contributed by atoms with Gasteiger partial charge in [0.2, 0.25) is 0 Å². The lowest BCUT2D eigenvalue weighted by Crippen LogP contribution is -2.28. The third-order valence-electron chi connectivity index (χ3n) is 2.80. The van der Waals surface area contributed by atoms with Gasteiger partial charge < -0.3 is 14.9 Å². The Morgan fingerprint density at radius 1 is 1.47 bits per heavy atom. The van der Waals surface area contributed by atoms with Gasteiger partial charge >= 0.3 is 0 Å². The second kappa shape index (κ2) is 5.49. The molecule has 0 saturated heterocycles. The minimum absolute atomic E-state index is 0.161. The van der Waals surface area contributed by atoms with Crippen molar-refractivity contribution in [1.82, 2.24) is 19.4 Å². The maximum absolute atomic E-state index is 12.2. The molecule has 7 nitrogen and oxygen atoms in total. The van der Waals surface area contributed by atoms with Crippen molar-refractivity contribution in [2.24, 2.45) is 12.9 Å². The molecule has 0 radical (unpaired) electrons. The summed E-state index contributed by atoms with van der Waals surface area (Å²) < 4.78 is 1.87. The van der Waals surface area contributed by atoms with Crippen molar-refractivity contribution < 1.29 is 4.79 Å². The molecule has 0 atom stereocenters. The third kappa shape index (κ3) is 2.89. The molecule has 2 heterocycles. The molecule has 2 rings (SSSR count). The summed E-state index contributed by atoms with van der Waals surface area (Å²) in [6.45, 7) is 0.431. The Morgan fingerprint density at radius 2 is 2.26 bits per heavy atom. The van der Waals surface area contributed by atoms with Gasteiger partial charge in [0, 0.05) is 26.5 Å². The molecule has 0 aliphatic heterocycles. The lowest BCUT2D eigenvalue weighted by molar-refractivity contribution is 0.0775. The predicted molar refractivity (Wildman–Crippen MR) is 71.1 cm³/mol. The van der Waals surface area contributed by atoms with Gasteiger partial charge in [-0.25, -0.2) is 9.97 Å². The molecule has 0 spiro atoms. The summed E-state index contributed by atoms with van der Waals surface area (Å²) in [4.78, 5) is 22.0. The van der Waals surface area contributed by atoms with E-state index in [4.69, 9.17) is 5.84 Å². The SMILES string of the molecule is CN(Cc1nccn1C)C(=O)c1ccc(NN)cn1. The maximum atomic E-state index is 12.2. The number of hydrogen-bond donors (Lipinski definition) is 2. The lowest BCUT2D eigenvalue weighted by atomic mass is 10.3. The smallest absolute Gasteiger partial charge is 0.272 e. The first-order chi connectivity index (χ1) is 9.11. The minimum Gasteiger partial charge on any atom is -0.337 e. The number of hydrazine groups is 1. The Kier molecular flexibility index (Phi) is 3.76. The monoisotopic (exact) mass is 260 g/mol. The van der Waals surface area contributed by atoms with Crippen LogP contribution in [0.1, 0.15) is 16.3 Å². The number of nitrogens with two attached hydrogens (primary N) is 1. The summed E-state index contributed by atoms with van der Waals surface area (Å²) in [7, 11) is 3.61. The fourth-order valence-corrected chi connectivity index (χ4v) is 1.63. The number of rotatable bonds is 4. The molecule has 0 aliphatic carbocycles. The molecule has 19 heavy (non-hydrogen) atoms. The molecule has 3 N–H and O–H groups in total. The molecule has 0 saturated carbocycles. The molecule has 2 aromatic heterocycles. The number of anilines is 1. The van der Waals surface area contributed by atoms with E-state index in [-0.39, 0.29) is 5.91 Å². The van der Waals surface area contributed by atoms with Crippen molar-refractivity contribution in [3.63, 3.8) is 0 Å². The van der Waals surface area contributed by atoms with Crippen LogP contribution in [-0.4, -0.2) is 32.4 Å². The van der Waals surface area contributed by atoms with Gasteiger partial charge in [-0.2, -0.15) is 0 Å². The number of hydrogen-bond acceptors (Lipinski definition) is 5. The number of aryl methyl sites for hydroxylation is 1. The van der Waals surface area contributed by atoms with Crippen molar-refractivity contribution in [3.05, 3.63) is 42.2 Å². The van der Waals surface area contributed by atoms with Crippen LogP contribution in [0.3, 0.4) is 0 Å². The Bertz CT molecular complexity index is 562. The Labute approximate surface area is 111 Å². The minimum atomic E-state index is -0.161. The van der Waals surface area contributed by atoms with Crippen LogP contribution in [0.2, 0.25) is 0 Å². The van der Waals surface area contributed by atoms with Gasteiger partial charge in [0.05, 0.1) is 18.4 Å². The number of pyridine rings is 1. The van der Waals surface area contributed by atoms with E-state index in [2.05, 4.69) is 15.4 Å². The highest BCUT2D eigenvalue weighted by Gasteiger charge is 2.14. The number of nitrogens with one attached hydrogen (secondary N) is 1. The Balaban J connectivity index is 2.08. The van der Waals surface area contributed by atoms with E-state index < -0.39 is 0 Å². The van der Waals surface area contributed by atoms with Crippen LogP contribution < -0.4 is 11.3 Å². The number of amides is 1. The molecule has 1 amide bonds. The van der Waals surface area contributed by atoms with Gasteiger partial charge in [-0.1, -0.05) is 0 Å². The molecular weight excluding hydrogens is 244 g/mol. The summed E-state index contributed by atoms with van der Waals surface area (Å²) in [5.41, 5.74) is 3.49. The molecular formula is C12H16N6O. The molecule has 0 aliphatic rings. The van der Waals surface area contributed by atoms with Crippen molar-refractivity contribution >= 4 is 11.6 Å². The molecule has 0 unspecified atom stereocenters. The second-order valence-electron chi connectivity index (χ2n) is 4.19. The fourth-order valence-electron chi connectivity index (χ4n) is 1.63. The van der Waals surface area contributed by atoms with Gasteiger partial charge in [-0.15, -0.1) is 0 Å². The van der Waals surface area contributed by atoms with E-state index in [9.17, 15) is 4.79 Å². The van der Waals surface area contributed by atoms with E-state index in [1.807, 2.05) is 17.8 Å². The number of carbonyl (C=O) groups excluding carboxylic acids is 1. The summed E-state index contributed by atoms with van der Waals surface area (Å²) in [5, 5.41) is 0. The molecule has 0 bridgehead atoms. The van der Waals surface area contributed by atoms with Gasteiger partial charge in [-0.05, 0) is 12.1 Å². The van der Waals surface area contributed by atoms with E-state index in [0.717, 1.165) is 5.82 Å². The Morgan fingerprint density at radius 3 is 2.79 bits per heavy atom. The highest BCUT2D eigenvalue weighted by molar-refractivity contribution is 5.92. The second-order valence-corrected chi connectivity index (χ2v) is 4.19.